The van der Waals surface area contributed by atoms with Crippen molar-refractivity contribution in [1.29, 1.82) is 0 Å². The Balaban J connectivity index is 1.70. The largest absolute Gasteiger partial charge is 0.491 e. The van der Waals surface area contributed by atoms with Crippen molar-refractivity contribution in [3.8, 4) is 17.1 Å². The van der Waals surface area contributed by atoms with Crippen molar-refractivity contribution in [2.75, 3.05) is 22.8 Å². The summed E-state index contributed by atoms with van der Waals surface area (Å²) in [5.41, 5.74) is 6.47. The number of hydrogen-bond donors (Lipinski definition) is 4. The Morgan fingerprint density at radius 2 is 2.20 bits per heavy atom. The first-order valence-corrected chi connectivity index (χ1v) is 10.5. The van der Waals surface area contributed by atoms with Crippen LogP contribution in [0.25, 0.3) is 11.4 Å². The quantitative estimate of drug-likeness (QED) is 0.551. The van der Waals surface area contributed by atoms with E-state index in [-0.39, 0.29) is 12.4 Å². The smallest absolute Gasteiger partial charge is 0.262 e. The molecule has 2 aliphatic rings. The molecule has 5 N–H and O–H groups in total. The molecule has 13 heteroatoms. The lowest BCUT2D eigenvalue weighted by atomic mass is 10.1. The predicted molar refractivity (Wildman–Crippen MR) is 107 cm³/mol. The van der Waals surface area contributed by atoms with E-state index in [9.17, 15) is 22.7 Å². The fourth-order valence-electron chi connectivity index (χ4n) is 3.31. The summed E-state index contributed by atoms with van der Waals surface area (Å²) >= 11 is -3.86. The van der Waals surface area contributed by atoms with E-state index < -0.39 is 42.1 Å². The van der Waals surface area contributed by atoms with Gasteiger partial charge in [0.2, 0.25) is 5.91 Å². The number of primary amides is 1. The number of carbonyl (C=O) groups excluding carboxylic acids is 1. The molecule has 0 unspecified atom stereocenters. The number of nitrogens with two attached hydrogens (primary N) is 1. The number of fused-ring (bicyclic) bond motifs is 3. The van der Waals surface area contributed by atoms with Gasteiger partial charge in [-0.2, -0.15) is 0 Å². The van der Waals surface area contributed by atoms with Crippen molar-refractivity contribution < 1.29 is 31.6 Å². The molecule has 1 aromatic carbocycles. The van der Waals surface area contributed by atoms with E-state index in [4.69, 9.17) is 14.7 Å². The average Bonchev–Trinajstić information content (AvgIpc) is 3.17. The number of halogens is 2. The number of hydrogen-bond acceptors (Lipinski definition) is 8. The van der Waals surface area contributed by atoms with Crippen molar-refractivity contribution in [2.24, 2.45) is 5.73 Å². The number of benzene rings is 1. The molecule has 0 radical (unpaired) electrons. The zero-order valence-electron chi connectivity index (χ0n) is 15.9. The van der Waals surface area contributed by atoms with Gasteiger partial charge in [-0.05, 0) is 19.1 Å². The van der Waals surface area contributed by atoms with Crippen molar-refractivity contribution in [2.45, 2.75) is 32.0 Å². The molecule has 1 amide bonds. The van der Waals surface area contributed by atoms with Crippen LogP contribution in [-0.4, -0.2) is 56.3 Å². The first kappa shape index (κ1) is 20.7. The van der Waals surface area contributed by atoms with Gasteiger partial charge in [0.25, 0.3) is 6.43 Å². The monoisotopic (exact) mass is 445 g/mol. The minimum absolute atomic E-state index is 0.0230. The highest BCUT2D eigenvalue weighted by atomic mass is 32.3. The molecule has 2 aromatic rings. The van der Waals surface area contributed by atoms with E-state index in [1.165, 1.54) is 6.20 Å². The van der Waals surface area contributed by atoms with Gasteiger partial charge in [0, 0.05) is 18.0 Å². The lowest BCUT2D eigenvalue weighted by Gasteiger charge is -2.32. The molecule has 0 aliphatic carbocycles. The van der Waals surface area contributed by atoms with Crippen LogP contribution in [0, 0.1) is 0 Å². The van der Waals surface area contributed by atoms with Crippen molar-refractivity contribution in [1.82, 2.24) is 9.55 Å². The van der Waals surface area contributed by atoms with Crippen LogP contribution in [0.1, 0.15) is 6.92 Å². The van der Waals surface area contributed by atoms with Gasteiger partial charge in [-0.25, -0.2) is 18.1 Å². The van der Waals surface area contributed by atoms with E-state index in [1.807, 2.05) is 0 Å². The Kier molecular flexibility index (Phi) is 5.22. The number of nitrogens with zero attached hydrogens (tertiary/aromatic N) is 3. The van der Waals surface area contributed by atoms with Gasteiger partial charge in [0.15, 0.2) is 16.9 Å². The number of anilines is 2. The fraction of sp³-hybridized carbons (Fsp3) is 0.412. The SMILES string of the molecule is C[C@H](Nc1ccc2c(c1)OCCn1cc(N3[C@H](C(F)F)COS3(O)O)nc1-2)C(N)=O. The van der Waals surface area contributed by atoms with Crippen molar-refractivity contribution in [3.05, 3.63) is 24.4 Å². The number of carbonyl (C=O) groups is 1. The van der Waals surface area contributed by atoms with Gasteiger partial charge in [-0.1, -0.05) is 0 Å². The Morgan fingerprint density at radius 1 is 1.43 bits per heavy atom. The van der Waals surface area contributed by atoms with Gasteiger partial charge in [0.05, 0.1) is 18.7 Å². The summed E-state index contributed by atoms with van der Waals surface area (Å²) in [6.45, 7) is 1.75. The minimum Gasteiger partial charge on any atom is -0.491 e. The van der Waals surface area contributed by atoms with Crippen molar-refractivity contribution >= 4 is 28.5 Å². The van der Waals surface area contributed by atoms with E-state index >= 15 is 0 Å². The number of amides is 1. The molecule has 0 saturated carbocycles. The Morgan fingerprint density at radius 3 is 2.90 bits per heavy atom. The zero-order valence-corrected chi connectivity index (χ0v) is 16.7. The van der Waals surface area contributed by atoms with Crippen LogP contribution in [0.4, 0.5) is 20.3 Å². The van der Waals surface area contributed by atoms with Crippen molar-refractivity contribution in [3.63, 3.8) is 0 Å². The number of alkyl halides is 2. The van der Waals surface area contributed by atoms with Gasteiger partial charge in [-0.3, -0.25) is 18.1 Å². The zero-order chi connectivity index (χ0) is 21.6. The van der Waals surface area contributed by atoms with E-state index in [0.29, 0.717) is 29.4 Å². The first-order chi connectivity index (χ1) is 14.2. The number of imidazole rings is 1. The number of rotatable bonds is 5. The fourth-order valence-corrected chi connectivity index (χ4v) is 4.59. The summed E-state index contributed by atoms with van der Waals surface area (Å²) in [4.78, 5) is 15.7. The molecular weight excluding hydrogens is 424 g/mol. The molecular formula is C17H21F2N5O5S. The molecule has 10 nitrogen and oxygen atoms in total. The number of ether oxygens (including phenoxy) is 1. The highest BCUT2D eigenvalue weighted by molar-refractivity contribution is 8.21. The third-order valence-electron chi connectivity index (χ3n) is 4.86. The molecule has 4 rings (SSSR count). The van der Waals surface area contributed by atoms with Gasteiger partial charge in [0.1, 0.15) is 30.3 Å². The second-order valence-electron chi connectivity index (χ2n) is 6.92. The predicted octanol–water partition coefficient (Wildman–Crippen LogP) is 2.28. The van der Waals surface area contributed by atoms with E-state index in [1.54, 1.807) is 29.7 Å². The second-order valence-corrected chi connectivity index (χ2v) is 8.49. The summed E-state index contributed by atoms with van der Waals surface area (Å²) in [6, 6.07) is 3.00. The van der Waals surface area contributed by atoms with Crippen LogP contribution in [0.3, 0.4) is 0 Å². The van der Waals surface area contributed by atoms with Gasteiger partial charge >= 0.3 is 0 Å². The normalized spacial score (nSPS) is 21.9. The van der Waals surface area contributed by atoms with Gasteiger partial charge in [-0.15, -0.1) is 0 Å². The second kappa shape index (κ2) is 7.58. The summed E-state index contributed by atoms with van der Waals surface area (Å²) in [6.07, 6.45) is -1.38. The van der Waals surface area contributed by atoms with Crippen LogP contribution in [0.15, 0.2) is 24.4 Å². The molecule has 1 fully saturated rings. The topological polar surface area (TPSA) is 135 Å². The molecule has 2 atom stereocenters. The summed E-state index contributed by atoms with van der Waals surface area (Å²) in [5, 5.41) is 2.96. The van der Waals surface area contributed by atoms with Crippen LogP contribution in [0.2, 0.25) is 0 Å². The summed E-state index contributed by atoms with van der Waals surface area (Å²) in [5.74, 6) is 0.362. The maximum absolute atomic E-state index is 13.4. The minimum atomic E-state index is -3.86. The number of aromatic nitrogens is 2. The Bertz CT molecular complexity index is 972. The lowest BCUT2D eigenvalue weighted by Crippen LogP contribution is -2.37. The summed E-state index contributed by atoms with van der Waals surface area (Å²) in [7, 11) is 0. The molecule has 1 saturated heterocycles. The Hall–Kier alpha value is -2.61. The maximum atomic E-state index is 13.4. The highest BCUT2D eigenvalue weighted by Gasteiger charge is 2.48. The molecule has 3 heterocycles. The first-order valence-electron chi connectivity index (χ1n) is 9.08. The van der Waals surface area contributed by atoms with Crippen LogP contribution < -0.4 is 20.1 Å². The molecule has 0 spiro atoms. The van der Waals surface area contributed by atoms with E-state index in [2.05, 4.69) is 10.3 Å². The van der Waals surface area contributed by atoms with E-state index in [0.717, 1.165) is 4.31 Å². The molecule has 0 bridgehead atoms. The Labute approximate surface area is 172 Å². The third-order valence-corrected chi connectivity index (χ3v) is 6.28. The lowest BCUT2D eigenvalue weighted by molar-refractivity contribution is -0.118. The third kappa shape index (κ3) is 3.64. The average molecular weight is 445 g/mol. The molecule has 2 aliphatic heterocycles. The standard InChI is InChI=1S/C17H21F2N5O5S/c1-9(16(20)25)21-10-2-3-11-13(6-10)28-5-4-23-7-14(22-17(11)23)24-12(15(18)19)8-29-30(24,26)27/h2-3,6-7,9,12,15,21,26-27H,4-5,8H2,1H3,(H2,20,25)/t9-,12-/m0/s1. The molecule has 30 heavy (non-hydrogen) atoms. The number of nitrogens with one attached hydrogen (secondary N) is 1. The molecule has 1 aromatic heterocycles. The van der Waals surface area contributed by atoms with Gasteiger partial charge < -0.3 is 20.4 Å². The van der Waals surface area contributed by atoms with Crippen LogP contribution >= 0.6 is 11.1 Å². The van der Waals surface area contributed by atoms with Crippen LogP contribution in [0.5, 0.6) is 5.75 Å². The molecule has 164 valence electrons. The highest BCUT2D eigenvalue weighted by Crippen LogP contribution is 2.54. The summed E-state index contributed by atoms with van der Waals surface area (Å²) < 4.78 is 60.0. The maximum Gasteiger partial charge on any atom is 0.262 e. The van der Waals surface area contributed by atoms with Crippen LogP contribution in [-0.2, 0) is 15.5 Å².